The first-order valence-electron chi connectivity index (χ1n) is 19.7. The third-order valence-electron chi connectivity index (χ3n) is 9.00. The van der Waals surface area contributed by atoms with E-state index in [1.165, 1.54) is 54.6 Å². The third-order valence-corrected chi connectivity index (χ3v) is 9.00. The van der Waals surface area contributed by atoms with E-state index in [9.17, 15) is 47.9 Å². The highest BCUT2D eigenvalue weighted by molar-refractivity contribution is 6.01. The Balaban J connectivity index is 1.24. The van der Waals surface area contributed by atoms with Crippen molar-refractivity contribution < 1.29 is 81.1 Å². The number of ketones is 3. The van der Waals surface area contributed by atoms with Gasteiger partial charge in [0.05, 0.1) is 30.4 Å². The lowest BCUT2D eigenvalue weighted by atomic mass is 10.1. The van der Waals surface area contributed by atoms with Crippen LogP contribution in [0.25, 0.3) is 21.5 Å². The molecule has 0 bridgehead atoms. The molecular formula is C49H38O17. The number of carbonyl (C=O) groups is 10. The Morgan fingerprint density at radius 3 is 1.44 bits per heavy atom. The molecular weight excluding hydrogens is 861 g/mol. The van der Waals surface area contributed by atoms with Crippen LogP contribution in [0, 0.1) is 0 Å². The van der Waals surface area contributed by atoms with Crippen LogP contribution in [0.3, 0.4) is 0 Å². The van der Waals surface area contributed by atoms with Gasteiger partial charge in [0.25, 0.3) is 0 Å². The van der Waals surface area contributed by atoms with Crippen molar-refractivity contribution in [2.45, 2.75) is 25.7 Å². The van der Waals surface area contributed by atoms with Gasteiger partial charge in [-0.25, -0.2) is 19.2 Å². The minimum atomic E-state index is -1.09. The fraction of sp³-hybridized carbons (Fsp3) is 0.143. The number of benzene rings is 5. The molecule has 17 nitrogen and oxygen atoms in total. The van der Waals surface area contributed by atoms with Crippen molar-refractivity contribution in [1.29, 1.82) is 0 Å². The summed E-state index contributed by atoms with van der Waals surface area (Å²) in [6.07, 6.45) is 1.79. The first-order valence-corrected chi connectivity index (χ1v) is 19.7. The highest BCUT2D eigenvalue weighted by atomic mass is 16.6. The lowest BCUT2D eigenvalue weighted by molar-refractivity contribution is -0.149. The predicted octanol–water partition coefficient (Wildman–Crippen LogP) is 6.31. The van der Waals surface area contributed by atoms with Gasteiger partial charge in [-0.2, -0.15) is 0 Å². The van der Waals surface area contributed by atoms with Gasteiger partial charge in [0.15, 0.2) is 30.6 Å². The summed E-state index contributed by atoms with van der Waals surface area (Å²) in [6, 6.07) is 21.7. The van der Waals surface area contributed by atoms with E-state index in [4.69, 9.17) is 28.4 Å². The summed E-state index contributed by atoms with van der Waals surface area (Å²) < 4.78 is 36.3. The molecule has 0 aliphatic heterocycles. The molecule has 0 spiro atoms. The summed E-state index contributed by atoms with van der Waals surface area (Å²) >= 11 is 0. The Hall–Kier alpha value is -8.86. The molecule has 17 heteroatoms. The second-order valence-electron chi connectivity index (χ2n) is 13.8. The summed E-state index contributed by atoms with van der Waals surface area (Å²) in [6.45, 7) is 8.19. The van der Waals surface area contributed by atoms with E-state index < -0.39 is 79.0 Å². The summed E-state index contributed by atoms with van der Waals surface area (Å²) in [5, 5.41) is 2.25. The number of fused-ring (bicyclic) bond motifs is 2. The zero-order valence-electron chi connectivity index (χ0n) is 34.9. The van der Waals surface area contributed by atoms with Crippen LogP contribution in [-0.2, 0) is 47.8 Å². The van der Waals surface area contributed by atoms with Gasteiger partial charge in [0.1, 0.15) is 35.2 Å². The number of carbonyl (C=O) groups excluding carboxylic acids is 10. The number of hydrogen-bond donors (Lipinski definition) is 0. The number of hydrogen-bond acceptors (Lipinski definition) is 17. The van der Waals surface area contributed by atoms with Crippen LogP contribution >= 0.6 is 0 Å². The second-order valence-corrected chi connectivity index (χ2v) is 13.8. The summed E-state index contributed by atoms with van der Waals surface area (Å²) in [4.78, 5) is 122. The van der Waals surface area contributed by atoms with E-state index in [1.807, 2.05) is 0 Å². The molecule has 0 aromatic heterocycles. The Kier molecular flexibility index (Phi) is 16.8. The Labute approximate surface area is 375 Å². The Bertz CT molecular complexity index is 2820. The van der Waals surface area contributed by atoms with Crippen molar-refractivity contribution in [3.8, 4) is 23.0 Å². The summed E-state index contributed by atoms with van der Waals surface area (Å²) in [7, 11) is 0. The van der Waals surface area contributed by atoms with E-state index in [0.717, 1.165) is 24.3 Å². The van der Waals surface area contributed by atoms with E-state index in [1.54, 1.807) is 30.3 Å². The molecule has 336 valence electrons. The molecule has 0 saturated carbocycles. The second kappa shape index (κ2) is 23.0. The zero-order chi connectivity index (χ0) is 47.8. The third kappa shape index (κ3) is 14.1. The molecule has 0 fully saturated rings. The number of rotatable bonds is 22. The molecule has 5 aromatic carbocycles. The molecule has 0 atom stereocenters. The molecule has 0 aliphatic rings. The van der Waals surface area contributed by atoms with Gasteiger partial charge in [-0.1, -0.05) is 44.0 Å². The molecule has 0 amide bonds. The zero-order valence-corrected chi connectivity index (χ0v) is 34.9. The molecule has 0 radical (unpaired) electrons. The van der Waals surface area contributed by atoms with Crippen LogP contribution in [0.1, 0.15) is 56.8 Å². The van der Waals surface area contributed by atoms with Crippen LogP contribution in [0.4, 0.5) is 0 Å². The highest BCUT2D eigenvalue weighted by Crippen LogP contribution is 2.29. The predicted molar refractivity (Wildman–Crippen MR) is 232 cm³/mol. The smallest absolute Gasteiger partial charge is 0.343 e. The minimum Gasteiger partial charge on any atom is -0.457 e. The normalized spacial score (nSPS) is 10.4. The van der Waals surface area contributed by atoms with E-state index in [-0.39, 0.29) is 65.4 Å². The minimum absolute atomic E-state index is 0.0520. The van der Waals surface area contributed by atoms with E-state index in [2.05, 4.69) is 24.5 Å². The summed E-state index contributed by atoms with van der Waals surface area (Å²) in [5.74, 6) is -7.46. The fourth-order valence-corrected chi connectivity index (χ4v) is 5.62. The first kappa shape index (κ1) is 48.2. The van der Waals surface area contributed by atoms with Gasteiger partial charge in [-0.3, -0.25) is 28.8 Å². The topological polar surface area (TPSA) is 235 Å². The monoisotopic (exact) mass is 898 g/mol. The van der Waals surface area contributed by atoms with Crippen molar-refractivity contribution in [2.75, 3.05) is 19.8 Å². The first-order chi connectivity index (χ1) is 31.6. The molecule has 5 rings (SSSR count). The quantitative estimate of drug-likeness (QED) is 0.0320. The van der Waals surface area contributed by atoms with E-state index in [0.29, 0.717) is 21.5 Å². The lowest BCUT2D eigenvalue weighted by Gasteiger charge is -2.13. The van der Waals surface area contributed by atoms with Crippen molar-refractivity contribution in [3.63, 3.8) is 0 Å². The molecule has 66 heavy (non-hydrogen) atoms. The van der Waals surface area contributed by atoms with Crippen LogP contribution in [0.2, 0.25) is 0 Å². The van der Waals surface area contributed by atoms with E-state index >= 15 is 0 Å². The maximum absolute atomic E-state index is 13.4. The van der Waals surface area contributed by atoms with Crippen LogP contribution < -0.4 is 18.9 Å². The number of Topliss-reactive ketones (excluding diaryl/α,β-unsaturated/α-hetero) is 1. The average Bonchev–Trinajstić information content (AvgIpc) is 3.32. The molecule has 0 heterocycles. The van der Waals surface area contributed by atoms with Gasteiger partial charge < -0.3 is 33.2 Å². The largest absolute Gasteiger partial charge is 0.457 e. The standard InChI is InChI=1S/C49H38O17/c1-4-35(50)26-61-44(54)19-20-46(56)64-39-15-12-30-22-34(10-8-32(30)24-39)48(58)66-42-17-16-40(25-41(42)49(59)62-27-36(51)5-2)65-47(57)33-9-7-31-23-38(14-11-29(31)21-33)63-45(55)18-13-37(52)28-60-43(53)6-3/h4-12,14-17,21-25H,1-3,13,18-20,26-28H2. The van der Waals surface area contributed by atoms with Gasteiger partial charge in [-0.15, -0.1) is 0 Å². The molecule has 0 unspecified atom stereocenters. The molecule has 0 saturated heterocycles. The molecule has 5 aromatic rings. The maximum atomic E-state index is 13.4. The van der Waals surface area contributed by atoms with Crippen molar-refractivity contribution in [2.24, 2.45) is 0 Å². The highest BCUT2D eigenvalue weighted by Gasteiger charge is 2.22. The molecule has 0 N–H and O–H groups in total. The van der Waals surface area contributed by atoms with Crippen molar-refractivity contribution in [1.82, 2.24) is 0 Å². The van der Waals surface area contributed by atoms with Crippen molar-refractivity contribution in [3.05, 3.63) is 146 Å². The van der Waals surface area contributed by atoms with Gasteiger partial charge in [0.2, 0.25) is 0 Å². The lowest BCUT2D eigenvalue weighted by Crippen LogP contribution is -2.16. The van der Waals surface area contributed by atoms with Gasteiger partial charge in [-0.05, 0) is 100 Å². The number of ether oxygens (including phenoxy) is 7. The Morgan fingerprint density at radius 1 is 0.409 bits per heavy atom. The van der Waals surface area contributed by atoms with Gasteiger partial charge >= 0.3 is 41.8 Å². The fourth-order valence-electron chi connectivity index (χ4n) is 5.62. The average molecular weight is 899 g/mol. The SMILES string of the molecule is C=CC(=O)COC(=O)CCC(=O)Oc1ccc2cc(C(=O)Oc3ccc(OC(=O)c4ccc5cc(OC(=O)CCC(=O)COC(=O)C=C)ccc5c4)cc3C(=O)OCC(=O)C=C)ccc2c1. The van der Waals surface area contributed by atoms with Crippen molar-refractivity contribution >= 4 is 80.7 Å². The maximum Gasteiger partial charge on any atom is 0.343 e. The number of esters is 7. The Morgan fingerprint density at radius 2 is 0.879 bits per heavy atom. The summed E-state index contributed by atoms with van der Waals surface area (Å²) in [5.41, 5.74) is -0.217. The van der Waals surface area contributed by atoms with Gasteiger partial charge in [0, 0.05) is 12.5 Å². The van der Waals surface area contributed by atoms with Crippen LogP contribution in [-0.4, -0.2) is 79.0 Å². The van der Waals surface area contributed by atoms with Crippen LogP contribution in [0.15, 0.2) is 129 Å². The molecule has 0 aliphatic carbocycles. The van der Waals surface area contributed by atoms with Crippen LogP contribution in [0.5, 0.6) is 23.0 Å².